The third-order valence-electron chi connectivity index (χ3n) is 4.58. The maximum absolute atomic E-state index is 12.6. The summed E-state index contributed by atoms with van der Waals surface area (Å²) in [7, 11) is 0. The fourth-order valence-electron chi connectivity index (χ4n) is 2.90. The van der Waals surface area contributed by atoms with Gasteiger partial charge in [0.25, 0.3) is 0 Å². The molecule has 3 amide bonds. The highest BCUT2D eigenvalue weighted by Crippen LogP contribution is 2.26. The van der Waals surface area contributed by atoms with Crippen molar-refractivity contribution in [1.82, 2.24) is 15.1 Å². The van der Waals surface area contributed by atoms with Crippen LogP contribution in [-0.4, -0.2) is 28.3 Å². The molecule has 31 heavy (non-hydrogen) atoms. The second kappa shape index (κ2) is 9.44. The first-order valence-corrected chi connectivity index (χ1v) is 10.1. The van der Waals surface area contributed by atoms with Crippen LogP contribution in [0.5, 0.6) is 0 Å². The van der Waals surface area contributed by atoms with E-state index in [0.717, 1.165) is 16.9 Å². The van der Waals surface area contributed by atoms with Crippen LogP contribution >= 0.6 is 0 Å². The van der Waals surface area contributed by atoms with Crippen molar-refractivity contribution in [1.29, 1.82) is 0 Å². The Bertz CT molecular complexity index is 1050. The van der Waals surface area contributed by atoms with Gasteiger partial charge in [-0.2, -0.15) is 5.10 Å². The standard InChI is InChI=1S/C23H28N6O2/c1-23(2,3)19-13-20(27-22(31)26-17-9-5-4-6-10-17)29(28-19)18-11-7-8-16(12-18)15-25-21(30)14-24/h4-13H,14-15,24H2,1-3H3,(H,25,30)(H2,26,27,31). The monoisotopic (exact) mass is 420 g/mol. The van der Waals surface area contributed by atoms with E-state index in [1.165, 1.54) is 0 Å². The molecule has 1 heterocycles. The summed E-state index contributed by atoms with van der Waals surface area (Å²) in [5, 5.41) is 13.2. The van der Waals surface area contributed by atoms with Gasteiger partial charge in [-0.15, -0.1) is 0 Å². The summed E-state index contributed by atoms with van der Waals surface area (Å²) in [5.74, 6) is 0.320. The van der Waals surface area contributed by atoms with Gasteiger partial charge >= 0.3 is 6.03 Å². The zero-order chi connectivity index (χ0) is 22.4. The average molecular weight is 421 g/mol. The number of aromatic nitrogens is 2. The smallest absolute Gasteiger partial charge is 0.324 e. The van der Waals surface area contributed by atoms with E-state index in [1.54, 1.807) is 4.68 Å². The number of nitrogens with two attached hydrogens (primary N) is 1. The van der Waals surface area contributed by atoms with E-state index >= 15 is 0 Å². The first kappa shape index (κ1) is 22.0. The van der Waals surface area contributed by atoms with E-state index in [1.807, 2.05) is 60.7 Å². The number of carbonyl (C=O) groups is 2. The third-order valence-corrected chi connectivity index (χ3v) is 4.58. The number of carbonyl (C=O) groups excluding carboxylic acids is 2. The Labute approximate surface area is 181 Å². The predicted molar refractivity (Wildman–Crippen MR) is 122 cm³/mol. The van der Waals surface area contributed by atoms with Gasteiger partial charge in [-0.1, -0.05) is 51.1 Å². The minimum atomic E-state index is -0.362. The Morgan fingerprint density at radius 2 is 1.74 bits per heavy atom. The Kier molecular flexibility index (Phi) is 6.71. The van der Waals surface area contributed by atoms with E-state index in [-0.39, 0.29) is 23.9 Å². The highest BCUT2D eigenvalue weighted by atomic mass is 16.2. The predicted octanol–water partition coefficient (Wildman–Crippen LogP) is 3.39. The molecule has 5 N–H and O–H groups in total. The van der Waals surface area contributed by atoms with Crippen LogP contribution < -0.4 is 21.7 Å². The molecule has 0 bridgehead atoms. The fraction of sp³-hybridized carbons (Fsp3) is 0.261. The van der Waals surface area contributed by atoms with Crippen molar-refractivity contribution in [3.63, 3.8) is 0 Å². The molecule has 0 saturated carbocycles. The molecule has 0 unspecified atom stereocenters. The number of nitrogens with one attached hydrogen (secondary N) is 3. The van der Waals surface area contributed by atoms with E-state index < -0.39 is 0 Å². The van der Waals surface area contributed by atoms with Crippen LogP contribution in [0.4, 0.5) is 16.3 Å². The lowest BCUT2D eigenvalue weighted by molar-refractivity contribution is -0.119. The van der Waals surface area contributed by atoms with Crippen LogP contribution in [-0.2, 0) is 16.8 Å². The zero-order valence-corrected chi connectivity index (χ0v) is 18.0. The van der Waals surface area contributed by atoms with Gasteiger partial charge in [0, 0.05) is 23.7 Å². The molecule has 2 aromatic carbocycles. The SMILES string of the molecule is CC(C)(C)c1cc(NC(=O)Nc2ccccc2)n(-c2cccc(CNC(=O)CN)c2)n1. The van der Waals surface area contributed by atoms with Crippen LogP contribution in [0.15, 0.2) is 60.7 Å². The molecule has 0 spiro atoms. The van der Waals surface area contributed by atoms with E-state index in [4.69, 9.17) is 10.8 Å². The number of urea groups is 1. The Hall–Kier alpha value is -3.65. The maximum atomic E-state index is 12.6. The molecule has 0 radical (unpaired) electrons. The topological polar surface area (TPSA) is 114 Å². The van der Waals surface area contributed by atoms with Crippen LogP contribution in [0.2, 0.25) is 0 Å². The molecule has 0 aliphatic heterocycles. The van der Waals surface area contributed by atoms with Crippen molar-refractivity contribution >= 4 is 23.4 Å². The normalized spacial score (nSPS) is 11.1. The summed E-state index contributed by atoms with van der Waals surface area (Å²) in [4.78, 5) is 24.1. The summed E-state index contributed by atoms with van der Waals surface area (Å²) >= 11 is 0. The summed E-state index contributed by atoms with van der Waals surface area (Å²) in [6.45, 7) is 6.48. The molecule has 0 fully saturated rings. The highest BCUT2D eigenvalue weighted by Gasteiger charge is 2.21. The average Bonchev–Trinajstić information content (AvgIpc) is 3.17. The van der Waals surface area contributed by atoms with Gasteiger partial charge in [-0.25, -0.2) is 9.48 Å². The van der Waals surface area contributed by atoms with Gasteiger partial charge in [0.2, 0.25) is 5.91 Å². The van der Waals surface area contributed by atoms with Crippen molar-refractivity contribution in [2.45, 2.75) is 32.7 Å². The molecule has 1 aromatic heterocycles. The second-order valence-electron chi connectivity index (χ2n) is 8.17. The van der Waals surface area contributed by atoms with E-state index in [0.29, 0.717) is 18.1 Å². The largest absolute Gasteiger partial charge is 0.351 e. The molecule has 8 heteroatoms. The van der Waals surface area contributed by atoms with Crippen molar-refractivity contribution in [3.05, 3.63) is 71.9 Å². The van der Waals surface area contributed by atoms with E-state index in [9.17, 15) is 9.59 Å². The van der Waals surface area contributed by atoms with Gasteiger partial charge in [0.05, 0.1) is 17.9 Å². The minimum Gasteiger partial charge on any atom is -0.351 e. The van der Waals surface area contributed by atoms with Crippen LogP contribution in [0.1, 0.15) is 32.0 Å². The third kappa shape index (κ3) is 5.93. The number of nitrogens with zero attached hydrogens (tertiary/aromatic N) is 2. The molecule has 0 atom stereocenters. The van der Waals surface area contributed by atoms with Crippen molar-refractivity contribution in [2.75, 3.05) is 17.2 Å². The molecule has 0 aliphatic carbocycles. The van der Waals surface area contributed by atoms with Crippen molar-refractivity contribution in [3.8, 4) is 5.69 Å². The van der Waals surface area contributed by atoms with Gasteiger partial charge in [0.1, 0.15) is 5.82 Å². The summed E-state index contributed by atoms with van der Waals surface area (Å²) in [5.41, 5.74) is 8.34. The summed E-state index contributed by atoms with van der Waals surface area (Å²) in [6, 6.07) is 18.3. The molecular weight excluding hydrogens is 392 g/mol. The first-order valence-electron chi connectivity index (χ1n) is 10.1. The van der Waals surface area contributed by atoms with Crippen molar-refractivity contribution in [2.24, 2.45) is 5.73 Å². The summed E-state index contributed by atoms with van der Waals surface area (Å²) in [6.07, 6.45) is 0. The second-order valence-corrected chi connectivity index (χ2v) is 8.17. The molecule has 3 rings (SSSR count). The Morgan fingerprint density at radius 1 is 1.00 bits per heavy atom. The van der Waals surface area contributed by atoms with E-state index in [2.05, 4.69) is 36.7 Å². The number of rotatable bonds is 6. The summed E-state index contributed by atoms with van der Waals surface area (Å²) < 4.78 is 1.69. The highest BCUT2D eigenvalue weighted by molar-refractivity contribution is 5.99. The molecule has 162 valence electrons. The first-order chi connectivity index (χ1) is 14.8. The quantitative estimate of drug-likeness (QED) is 0.489. The zero-order valence-electron chi connectivity index (χ0n) is 18.0. The lowest BCUT2D eigenvalue weighted by Crippen LogP contribution is -2.29. The van der Waals surface area contributed by atoms with Crippen LogP contribution in [0, 0.1) is 0 Å². The number of para-hydroxylation sites is 1. The molecule has 8 nitrogen and oxygen atoms in total. The molecule has 0 aliphatic rings. The van der Waals surface area contributed by atoms with Gasteiger partial charge in [0.15, 0.2) is 0 Å². The van der Waals surface area contributed by atoms with Gasteiger partial charge in [-0.3, -0.25) is 10.1 Å². The lowest BCUT2D eigenvalue weighted by atomic mass is 9.92. The Morgan fingerprint density at radius 3 is 2.42 bits per heavy atom. The van der Waals surface area contributed by atoms with Gasteiger partial charge in [-0.05, 0) is 29.8 Å². The number of amides is 3. The fourth-order valence-corrected chi connectivity index (χ4v) is 2.90. The van der Waals surface area contributed by atoms with Gasteiger partial charge < -0.3 is 16.4 Å². The Balaban J connectivity index is 1.88. The molecular formula is C23H28N6O2. The number of hydrogen-bond acceptors (Lipinski definition) is 4. The number of anilines is 2. The minimum absolute atomic E-state index is 0.0572. The van der Waals surface area contributed by atoms with Crippen LogP contribution in [0.25, 0.3) is 5.69 Å². The maximum Gasteiger partial charge on any atom is 0.324 e. The molecule has 3 aromatic rings. The molecule has 0 saturated heterocycles. The lowest BCUT2D eigenvalue weighted by Gasteiger charge is -2.14. The van der Waals surface area contributed by atoms with Crippen LogP contribution in [0.3, 0.4) is 0 Å². The number of hydrogen-bond donors (Lipinski definition) is 4. The number of benzene rings is 2. The van der Waals surface area contributed by atoms with Crippen molar-refractivity contribution < 1.29 is 9.59 Å².